The van der Waals surface area contributed by atoms with Crippen LogP contribution in [0, 0.1) is 13.8 Å². The summed E-state index contributed by atoms with van der Waals surface area (Å²) >= 11 is 3.50. The fraction of sp³-hybridized carbons (Fsp3) is 0.118. The van der Waals surface area contributed by atoms with Crippen LogP contribution in [0.2, 0.25) is 0 Å². The third-order valence-corrected chi connectivity index (χ3v) is 4.05. The first-order valence-corrected chi connectivity index (χ1v) is 7.23. The van der Waals surface area contributed by atoms with E-state index in [1.807, 2.05) is 62.4 Å². The number of benzene rings is 2. The maximum Gasteiger partial charge on any atom is 0.138 e. The third-order valence-electron chi connectivity index (χ3n) is 3.16. The second kappa shape index (κ2) is 5.25. The highest BCUT2D eigenvalue weighted by Gasteiger charge is 2.06. The van der Waals surface area contributed by atoms with Crippen molar-refractivity contribution in [1.82, 2.24) is 4.98 Å². The second-order valence-corrected chi connectivity index (χ2v) is 5.65. The molecule has 0 unspecified atom stereocenters. The number of aryl methyl sites for hydroxylation is 2. The zero-order valence-corrected chi connectivity index (χ0v) is 12.9. The van der Waals surface area contributed by atoms with Crippen LogP contribution in [-0.2, 0) is 0 Å². The van der Waals surface area contributed by atoms with Gasteiger partial charge in [0.2, 0.25) is 0 Å². The number of hydrogen-bond donors (Lipinski definition) is 0. The number of para-hydroxylation sites is 1. The molecule has 3 aromatic rings. The van der Waals surface area contributed by atoms with Crippen molar-refractivity contribution in [2.45, 2.75) is 13.8 Å². The molecule has 0 amide bonds. The fourth-order valence-corrected chi connectivity index (χ4v) is 2.41. The first-order chi connectivity index (χ1) is 9.63. The Kier molecular flexibility index (Phi) is 3.45. The molecule has 3 heteroatoms. The van der Waals surface area contributed by atoms with Gasteiger partial charge in [0.1, 0.15) is 11.5 Å². The Hall–Kier alpha value is -1.87. The second-order valence-electron chi connectivity index (χ2n) is 4.79. The van der Waals surface area contributed by atoms with Gasteiger partial charge in [-0.15, -0.1) is 0 Å². The molecule has 2 aromatic carbocycles. The first-order valence-electron chi connectivity index (χ1n) is 6.44. The van der Waals surface area contributed by atoms with E-state index in [0.717, 1.165) is 38.1 Å². The van der Waals surface area contributed by atoms with Crippen molar-refractivity contribution < 1.29 is 4.74 Å². The van der Waals surface area contributed by atoms with Gasteiger partial charge in [-0.25, -0.2) is 0 Å². The lowest BCUT2D eigenvalue weighted by Crippen LogP contribution is -1.91. The normalized spacial score (nSPS) is 10.8. The minimum absolute atomic E-state index is 0.835. The lowest BCUT2D eigenvalue weighted by atomic mass is 10.2. The molecule has 0 fully saturated rings. The van der Waals surface area contributed by atoms with Gasteiger partial charge in [0.15, 0.2) is 0 Å². The Morgan fingerprint density at radius 3 is 2.60 bits per heavy atom. The summed E-state index contributed by atoms with van der Waals surface area (Å²) in [4.78, 5) is 4.52. The highest BCUT2D eigenvalue weighted by molar-refractivity contribution is 9.10. The molecule has 0 aliphatic carbocycles. The van der Waals surface area contributed by atoms with Gasteiger partial charge in [0.25, 0.3) is 0 Å². The number of aromatic nitrogens is 1. The predicted molar refractivity (Wildman–Crippen MR) is 85.4 cm³/mol. The molecule has 0 saturated carbocycles. The lowest BCUT2D eigenvalue weighted by molar-refractivity contribution is 0.487. The van der Waals surface area contributed by atoms with E-state index in [0.29, 0.717) is 0 Å². The van der Waals surface area contributed by atoms with Crippen LogP contribution in [0.5, 0.6) is 11.5 Å². The topological polar surface area (TPSA) is 22.1 Å². The van der Waals surface area contributed by atoms with Crippen LogP contribution in [-0.4, -0.2) is 4.98 Å². The lowest BCUT2D eigenvalue weighted by Gasteiger charge is -2.11. The Labute approximate surface area is 126 Å². The van der Waals surface area contributed by atoms with E-state index in [-0.39, 0.29) is 0 Å². The highest BCUT2D eigenvalue weighted by atomic mass is 79.9. The van der Waals surface area contributed by atoms with Crippen molar-refractivity contribution in [3.63, 3.8) is 0 Å². The smallest absolute Gasteiger partial charge is 0.138 e. The number of pyridine rings is 1. The Morgan fingerprint density at radius 1 is 1.00 bits per heavy atom. The average molecular weight is 328 g/mol. The van der Waals surface area contributed by atoms with E-state index in [1.54, 1.807) is 0 Å². The zero-order chi connectivity index (χ0) is 14.1. The van der Waals surface area contributed by atoms with Crippen LogP contribution in [0.3, 0.4) is 0 Å². The average Bonchev–Trinajstić information content (AvgIpc) is 2.43. The molecule has 0 aliphatic rings. The molecule has 2 nitrogen and oxygen atoms in total. The van der Waals surface area contributed by atoms with Crippen molar-refractivity contribution in [3.05, 3.63) is 64.3 Å². The van der Waals surface area contributed by atoms with Gasteiger partial charge in [-0.2, -0.15) is 0 Å². The van der Waals surface area contributed by atoms with Crippen LogP contribution >= 0.6 is 15.9 Å². The van der Waals surface area contributed by atoms with Gasteiger partial charge in [-0.3, -0.25) is 4.98 Å². The summed E-state index contributed by atoms with van der Waals surface area (Å²) in [5, 5.41) is 1.03. The van der Waals surface area contributed by atoms with E-state index >= 15 is 0 Å². The molecule has 1 aromatic heterocycles. The van der Waals surface area contributed by atoms with Crippen molar-refractivity contribution in [2.24, 2.45) is 0 Å². The predicted octanol–water partition coefficient (Wildman–Crippen LogP) is 5.41. The Bertz CT molecular complexity index is 783. The Balaban J connectivity index is 2.07. The molecule has 0 bridgehead atoms. The SMILES string of the molecule is Cc1cc(Oc2ccc(Br)c(C)c2)c2ccccc2n1. The van der Waals surface area contributed by atoms with Gasteiger partial charge < -0.3 is 4.74 Å². The van der Waals surface area contributed by atoms with Crippen LogP contribution in [0.25, 0.3) is 10.9 Å². The van der Waals surface area contributed by atoms with Gasteiger partial charge in [0, 0.05) is 21.6 Å². The van der Waals surface area contributed by atoms with Crippen molar-refractivity contribution in [2.75, 3.05) is 0 Å². The number of ether oxygens (including phenoxy) is 1. The maximum absolute atomic E-state index is 6.05. The van der Waals surface area contributed by atoms with Crippen molar-refractivity contribution in [3.8, 4) is 11.5 Å². The van der Waals surface area contributed by atoms with E-state index in [1.165, 1.54) is 0 Å². The van der Waals surface area contributed by atoms with E-state index < -0.39 is 0 Å². The number of rotatable bonds is 2. The van der Waals surface area contributed by atoms with Gasteiger partial charge in [0.05, 0.1) is 5.52 Å². The molecular weight excluding hydrogens is 314 g/mol. The van der Waals surface area contributed by atoms with E-state index in [4.69, 9.17) is 4.74 Å². The summed E-state index contributed by atoms with van der Waals surface area (Å²) in [6.07, 6.45) is 0. The molecule has 0 saturated heterocycles. The molecule has 0 atom stereocenters. The first kappa shape index (κ1) is 13.1. The summed E-state index contributed by atoms with van der Waals surface area (Å²) in [6.45, 7) is 4.03. The van der Waals surface area contributed by atoms with Crippen LogP contribution in [0.1, 0.15) is 11.3 Å². The minimum atomic E-state index is 0.835. The number of halogens is 1. The largest absolute Gasteiger partial charge is 0.457 e. The summed E-state index contributed by atoms with van der Waals surface area (Å²) in [6, 6.07) is 16.0. The summed E-state index contributed by atoms with van der Waals surface area (Å²) in [7, 11) is 0. The third kappa shape index (κ3) is 2.54. The number of fused-ring (bicyclic) bond motifs is 1. The quantitative estimate of drug-likeness (QED) is 0.628. The molecule has 1 heterocycles. The zero-order valence-electron chi connectivity index (χ0n) is 11.4. The fourth-order valence-electron chi connectivity index (χ4n) is 2.16. The summed E-state index contributed by atoms with van der Waals surface area (Å²) in [5.41, 5.74) is 3.06. The molecule has 0 aliphatic heterocycles. The van der Waals surface area contributed by atoms with Gasteiger partial charge in [-0.05, 0) is 49.7 Å². The monoisotopic (exact) mass is 327 g/mol. The number of nitrogens with zero attached hydrogens (tertiary/aromatic N) is 1. The van der Waals surface area contributed by atoms with Gasteiger partial charge >= 0.3 is 0 Å². The van der Waals surface area contributed by atoms with E-state index in [2.05, 4.69) is 20.9 Å². The highest BCUT2D eigenvalue weighted by Crippen LogP contribution is 2.31. The van der Waals surface area contributed by atoms with Gasteiger partial charge in [-0.1, -0.05) is 28.1 Å². The minimum Gasteiger partial charge on any atom is -0.457 e. The molecule has 0 spiro atoms. The molecule has 3 rings (SSSR count). The molecule has 100 valence electrons. The molecule has 0 N–H and O–H groups in total. The summed E-state index contributed by atoms with van der Waals surface area (Å²) in [5.74, 6) is 1.68. The van der Waals surface area contributed by atoms with Crippen molar-refractivity contribution in [1.29, 1.82) is 0 Å². The number of hydrogen-bond acceptors (Lipinski definition) is 2. The maximum atomic E-state index is 6.05. The van der Waals surface area contributed by atoms with Crippen LogP contribution in [0.4, 0.5) is 0 Å². The molecule has 0 radical (unpaired) electrons. The van der Waals surface area contributed by atoms with Crippen molar-refractivity contribution >= 4 is 26.8 Å². The molecular formula is C17H14BrNO. The molecule has 20 heavy (non-hydrogen) atoms. The Morgan fingerprint density at radius 2 is 1.80 bits per heavy atom. The van der Waals surface area contributed by atoms with Crippen LogP contribution < -0.4 is 4.74 Å². The van der Waals surface area contributed by atoms with Crippen LogP contribution in [0.15, 0.2) is 53.0 Å². The summed E-state index contributed by atoms with van der Waals surface area (Å²) < 4.78 is 7.13. The van der Waals surface area contributed by atoms with E-state index in [9.17, 15) is 0 Å². The standard InChI is InChI=1S/C17H14BrNO/c1-11-9-13(7-8-15(11)18)20-17-10-12(2)19-16-6-4-3-5-14(16)17/h3-10H,1-2H3.